The highest BCUT2D eigenvalue weighted by molar-refractivity contribution is 5.82. The Balaban J connectivity index is 0.00000128. The van der Waals surface area contributed by atoms with Crippen LogP contribution >= 0.6 is 0 Å². The molecule has 0 fully saturated rings. The molecule has 0 bridgehead atoms. The van der Waals surface area contributed by atoms with Crippen LogP contribution in [0, 0.1) is 12.7 Å². The summed E-state index contributed by atoms with van der Waals surface area (Å²) in [6.45, 7) is 6.07. The Kier molecular flexibility index (Phi) is 2.51. The van der Waals surface area contributed by atoms with Gasteiger partial charge in [-0.2, -0.15) is 0 Å². The lowest BCUT2D eigenvalue weighted by Crippen LogP contribution is -1.90. The molecule has 0 radical (unpaired) electrons. The SMILES string of the molecule is CCC(C)c1ccc2[nH]c(C)c(F)c2c1.[HH]. The first kappa shape index (κ1) is 10.2. The Morgan fingerprint density at radius 2 is 2.20 bits per heavy atom. The molecule has 0 amide bonds. The van der Waals surface area contributed by atoms with Crippen molar-refractivity contribution in [3.8, 4) is 0 Å². The summed E-state index contributed by atoms with van der Waals surface area (Å²) in [5.41, 5.74) is 2.71. The maximum Gasteiger partial charge on any atom is 0.151 e. The quantitative estimate of drug-likeness (QED) is 0.752. The first-order valence-corrected chi connectivity index (χ1v) is 5.41. The van der Waals surface area contributed by atoms with Gasteiger partial charge in [-0.1, -0.05) is 19.9 Å². The molecule has 1 N–H and O–H groups in total. The van der Waals surface area contributed by atoms with Crippen molar-refractivity contribution in [2.24, 2.45) is 0 Å². The van der Waals surface area contributed by atoms with Crippen LogP contribution < -0.4 is 0 Å². The first-order valence-electron chi connectivity index (χ1n) is 5.41. The Bertz CT molecular complexity index is 490. The molecule has 0 aliphatic rings. The molecule has 1 aromatic heterocycles. The van der Waals surface area contributed by atoms with Crippen LogP contribution in [0.4, 0.5) is 4.39 Å². The second kappa shape index (κ2) is 3.69. The Morgan fingerprint density at radius 1 is 1.47 bits per heavy atom. The molecular formula is C13H18FN. The van der Waals surface area contributed by atoms with Crippen molar-refractivity contribution in [1.82, 2.24) is 4.98 Å². The van der Waals surface area contributed by atoms with Gasteiger partial charge in [0.2, 0.25) is 0 Å². The van der Waals surface area contributed by atoms with E-state index in [1.54, 1.807) is 6.92 Å². The molecule has 1 aromatic carbocycles. The van der Waals surface area contributed by atoms with Gasteiger partial charge in [0.05, 0.1) is 0 Å². The molecule has 1 nitrogen and oxygen atoms in total. The van der Waals surface area contributed by atoms with Crippen LogP contribution in [0.15, 0.2) is 18.2 Å². The number of nitrogens with one attached hydrogen (secondary N) is 1. The number of hydrogen-bond donors (Lipinski definition) is 1. The number of aryl methyl sites for hydroxylation is 1. The maximum atomic E-state index is 13.7. The molecule has 2 heteroatoms. The maximum absolute atomic E-state index is 13.7. The second-order valence-corrected chi connectivity index (χ2v) is 4.18. The summed E-state index contributed by atoms with van der Waals surface area (Å²) in [7, 11) is 0. The molecular weight excluding hydrogens is 189 g/mol. The van der Waals surface area contributed by atoms with Crippen molar-refractivity contribution in [2.75, 3.05) is 0 Å². The van der Waals surface area contributed by atoms with Crippen molar-refractivity contribution in [3.63, 3.8) is 0 Å². The van der Waals surface area contributed by atoms with E-state index in [1.165, 1.54) is 5.56 Å². The van der Waals surface area contributed by atoms with Gasteiger partial charge in [0.25, 0.3) is 0 Å². The van der Waals surface area contributed by atoms with E-state index in [2.05, 4.69) is 24.9 Å². The van der Waals surface area contributed by atoms with E-state index < -0.39 is 0 Å². The summed E-state index contributed by atoms with van der Waals surface area (Å²) in [5, 5.41) is 0.713. The fraction of sp³-hybridized carbons (Fsp3) is 0.385. The van der Waals surface area contributed by atoms with E-state index in [0.717, 1.165) is 11.9 Å². The molecule has 0 aliphatic heterocycles. The van der Waals surface area contributed by atoms with Crippen LogP contribution in [0.5, 0.6) is 0 Å². The van der Waals surface area contributed by atoms with Crippen LogP contribution in [-0.4, -0.2) is 4.98 Å². The number of rotatable bonds is 2. The van der Waals surface area contributed by atoms with Crippen LogP contribution in [0.3, 0.4) is 0 Å². The second-order valence-electron chi connectivity index (χ2n) is 4.18. The molecule has 1 heterocycles. The Labute approximate surface area is 90.8 Å². The van der Waals surface area contributed by atoms with Gasteiger partial charge in [0.1, 0.15) is 0 Å². The van der Waals surface area contributed by atoms with E-state index in [4.69, 9.17) is 0 Å². The fourth-order valence-corrected chi connectivity index (χ4v) is 1.85. The van der Waals surface area contributed by atoms with Crippen molar-refractivity contribution in [1.29, 1.82) is 0 Å². The number of hydrogen-bond acceptors (Lipinski definition) is 0. The minimum Gasteiger partial charge on any atom is -0.356 e. The van der Waals surface area contributed by atoms with Gasteiger partial charge in [0, 0.05) is 18.0 Å². The monoisotopic (exact) mass is 207 g/mol. The largest absolute Gasteiger partial charge is 0.356 e. The molecule has 2 aromatic rings. The van der Waals surface area contributed by atoms with Gasteiger partial charge < -0.3 is 4.98 Å². The van der Waals surface area contributed by atoms with Crippen LogP contribution in [0.25, 0.3) is 10.9 Å². The van der Waals surface area contributed by atoms with E-state index >= 15 is 0 Å². The normalized spacial score (nSPS) is 13.3. The highest BCUT2D eigenvalue weighted by Crippen LogP contribution is 2.26. The Hall–Kier alpha value is -1.31. The van der Waals surface area contributed by atoms with E-state index in [-0.39, 0.29) is 7.24 Å². The molecule has 82 valence electrons. The summed E-state index contributed by atoms with van der Waals surface area (Å²) in [6, 6.07) is 6.00. The third kappa shape index (κ3) is 1.65. The number of benzene rings is 1. The third-order valence-corrected chi connectivity index (χ3v) is 3.11. The summed E-state index contributed by atoms with van der Waals surface area (Å²) < 4.78 is 13.7. The number of aromatic nitrogens is 1. The van der Waals surface area contributed by atoms with Gasteiger partial charge in [-0.25, -0.2) is 4.39 Å². The van der Waals surface area contributed by atoms with E-state index in [1.807, 2.05) is 12.1 Å². The molecule has 0 saturated carbocycles. The lowest BCUT2D eigenvalue weighted by molar-refractivity contribution is 0.629. The van der Waals surface area contributed by atoms with Crippen molar-refractivity contribution in [3.05, 3.63) is 35.3 Å². The predicted octanol–water partition coefficient (Wildman–Crippen LogP) is 4.37. The fourth-order valence-electron chi connectivity index (χ4n) is 1.85. The van der Waals surface area contributed by atoms with E-state index in [0.29, 0.717) is 17.0 Å². The number of H-pyrrole nitrogens is 1. The first-order chi connectivity index (χ1) is 7.13. The van der Waals surface area contributed by atoms with Crippen LogP contribution in [0.2, 0.25) is 0 Å². The van der Waals surface area contributed by atoms with E-state index in [9.17, 15) is 4.39 Å². The lowest BCUT2D eigenvalue weighted by Gasteiger charge is -2.08. The summed E-state index contributed by atoms with van der Waals surface area (Å²) in [4.78, 5) is 3.04. The van der Waals surface area contributed by atoms with Gasteiger partial charge in [0.15, 0.2) is 5.82 Å². The topological polar surface area (TPSA) is 15.8 Å². The van der Waals surface area contributed by atoms with Crippen molar-refractivity contribution < 1.29 is 5.82 Å². The zero-order valence-corrected chi connectivity index (χ0v) is 9.39. The van der Waals surface area contributed by atoms with Gasteiger partial charge in [-0.15, -0.1) is 0 Å². The smallest absolute Gasteiger partial charge is 0.151 e. The highest BCUT2D eigenvalue weighted by atomic mass is 19.1. The number of aromatic amines is 1. The van der Waals surface area contributed by atoms with Crippen LogP contribution in [-0.2, 0) is 0 Å². The molecule has 1 unspecified atom stereocenters. The minimum absolute atomic E-state index is 0. The molecule has 0 aliphatic carbocycles. The molecule has 1 atom stereocenters. The molecule has 0 spiro atoms. The number of halogens is 1. The van der Waals surface area contributed by atoms with Crippen molar-refractivity contribution >= 4 is 10.9 Å². The Morgan fingerprint density at radius 3 is 2.87 bits per heavy atom. The highest BCUT2D eigenvalue weighted by Gasteiger charge is 2.10. The van der Waals surface area contributed by atoms with Crippen LogP contribution in [0.1, 0.15) is 38.9 Å². The average Bonchev–Trinajstić information content (AvgIpc) is 2.54. The average molecular weight is 207 g/mol. The minimum atomic E-state index is -0.116. The standard InChI is InChI=1S/C13H16FN.H2/c1-4-8(2)10-5-6-12-11(7-10)13(14)9(3)15-12;/h5-8,15H,4H2,1-3H3;1H. The summed E-state index contributed by atoms with van der Waals surface area (Å²) in [5.74, 6) is 0.374. The summed E-state index contributed by atoms with van der Waals surface area (Å²) in [6.07, 6.45) is 1.08. The predicted molar refractivity (Wildman–Crippen MR) is 63.8 cm³/mol. The van der Waals surface area contributed by atoms with Gasteiger partial charge in [-0.05, 0) is 37.0 Å². The zero-order valence-electron chi connectivity index (χ0n) is 9.39. The van der Waals surface area contributed by atoms with Crippen molar-refractivity contribution in [2.45, 2.75) is 33.1 Å². The van der Waals surface area contributed by atoms with Gasteiger partial charge in [-0.3, -0.25) is 0 Å². The number of fused-ring (bicyclic) bond motifs is 1. The third-order valence-electron chi connectivity index (χ3n) is 3.11. The lowest BCUT2D eigenvalue weighted by atomic mass is 9.97. The molecule has 0 saturated heterocycles. The molecule has 2 rings (SSSR count). The molecule has 15 heavy (non-hydrogen) atoms. The van der Waals surface area contributed by atoms with Gasteiger partial charge >= 0.3 is 0 Å². The zero-order chi connectivity index (χ0) is 11.0. The summed E-state index contributed by atoms with van der Waals surface area (Å²) >= 11 is 0.